The Hall–Kier alpha value is -1.11. The summed E-state index contributed by atoms with van der Waals surface area (Å²) in [6.45, 7) is 1.99. The van der Waals surface area contributed by atoms with Gasteiger partial charge in [-0.25, -0.2) is 0 Å². The minimum absolute atomic E-state index is 0.122. The molecule has 0 spiro atoms. The predicted octanol–water partition coefficient (Wildman–Crippen LogP) is 3.73. The first-order chi connectivity index (χ1) is 9.52. The summed E-state index contributed by atoms with van der Waals surface area (Å²) in [5.41, 5.74) is 2.74. The molecule has 0 radical (unpaired) electrons. The van der Waals surface area contributed by atoms with Gasteiger partial charge in [0.2, 0.25) is 0 Å². The van der Waals surface area contributed by atoms with E-state index in [1.54, 1.807) is 13.1 Å². The Morgan fingerprint density at radius 2 is 2.05 bits per heavy atom. The Balaban J connectivity index is 2.24. The molecule has 0 bridgehead atoms. The molecule has 4 nitrogen and oxygen atoms in total. The monoisotopic (exact) mass is 400 g/mol. The fourth-order valence-electron chi connectivity index (χ4n) is 1.83. The van der Waals surface area contributed by atoms with Crippen molar-refractivity contribution in [3.05, 3.63) is 50.2 Å². The molecule has 2 aromatic rings. The number of hydrogen-bond acceptors (Lipinski definition) is 4. The van der Waals surface area contributed by atoms with Gasteiger partial charge in [-0.2, -0.15) is 0 Å². The van der Waals surface area contributed by atoms with Crippen molar-refractivity contribution < 1.29 is 10.2 Å². The summed E-state index contributed by atoms with van der Waals surface area (Å²) in [7, 11) is 0. The van der Waals surface area contributed by atoms with E-state index in [9.17, 15) is 10.2 Å². The maximum absolute atomic E-state index is 10.1. The molecular formula is C14H14Br2N2O2. The highest BCUT2D eigenvalue weighted by atomic mass is 79.9. The third-order valence-corrected chi connectivity index (χ3v) is 4.14. The highest BCUT2D eigenvalue weighted by molar-refractivity contribution is 9.11. The number of halogens is 2. The first kappa shape index (κ1) is 15.3. The largest absolute Gasteiger partial charge is 0.506 e. The van der Waals surface area contributed by atoms with Crippen molar-refractivity contribution >= 4 is 37.5 Å². The van der Waals surface area contributed by atoms with Crippen LogP contribution in [-0.2, 0) is 13.2 Å². The number of nitrogens with zero attached hydrogens (tertiary/aromatic N) is 1. The number of anilines is 1. The molecule has 1 aromatic heterocycles. The summed E-state index contributed by atoms with van der Waals surface area (Å²) in [6.07, 6.45) is 1.59. The normalized spacial score (nSPS) is 10.6. The Labute approximate surface area is 134 Å². The van der Waals surface area contributed by atoms with Crippen LogP contribution in [0.2, 0.25) is 0 Å². The maximum atomic E-state index is 10.1. The maximum Gasteiger partial charge on any atom is 0.142 e. The van der Waals surface area contributed by atoms with E-state index in [2.05, 4.69) is 42.2 Å². The molecule has 1 aromatic carbocycles. The Bertz CT molecular complexity index is 633. The van der Waals surface area contributed by atoms with E-state index in [-0.39, 0.29) is 12.4 Å². The first-order valence-electron chi connectivity index (χ1n) is 5.99. The minimum atomic E-state index is -0.153. The molecule has 2 rings (SSSR count). The minimum Gasteiger partial charge on any atom is -0.506 e. The molecule has 0 aliphatic carbocycles. The molecule has 106 valence electrons. The molecule has 0 fully saturated rings. The van der Waals surface area contributed by atoms with Crippen LogP contribution in [0.1, 0.15) is 16.8 Å². The molecule has 20 heavy (non-hydrogen) atoms. The highest BCUT2D eigenvalue weighted by Crippen LogP contribution is 2.29. The summed E-state index contributed by atoms with van der Waals surface area (Å²) >= 11 is 6.87. The second-order valence-electron chi connectivity index (χ2n) is 4.33. The SMILES string of the molecule is Cc1ncc(CO)c(CNc2ccc(Br)cc2Br)c1O. The quantitative estimate of drug-likeness (QED) is 0.730. The van der Waals surface area contributed by atoms with Gasteiger partial charge < -0.3 is 15.5 Å². The average molecular weight is 402 g/mol. The van der Waals surface area contributed by atoms with Gasteiger partial charge in [-0.05, 0) is 41.1 Å². The van der Waals surface area contributed by atoms with Gasteiger partial charge in [0.1, 0.15) is 5.75 Å². The molecule has 0 atom stereocenters. The van der Waals surface area contributed by atoms with Gasteiger partial charge in [-0.15, -0.1) is 0 Å². The summed E-state index contributed by atoms with van der Waals surface area (Å²) in [4.78, 5) is 4.04. The number of rotatable bonds is 4. The van der Waals surface area contributed by atoms with Gasteiger partial charge in [-0.3, -0.25) is 4.98 Å². The summed E-state index contributed by atoms with van der Waals surface area (Å²) in [5.74, 6) is 0.122. The zero-order valence-electron chi connectivity index (χ0n) is 10.8. The Kier molecular flexibility index (Phi) is 5.01. The lowest BCUT2D eigenvalue weighted by Crippen LogP contribution is -2.06. The van der Waals surface area contributed by atoms with Gasteiger partial charge in [0, 0.05) is 38.5 Å². The van der Waals surface area contributed by atoms with Crippen molar-refractivity contribution in [3.63, 3.8) is 0 Å². The molecule has 0 aliphatic heterocycles. The smallest absolute Gasteiger partial charge is 0.142 e. The zero-order chi connectivity index (χ0) is 14.7. The fraction of sp³-hybridized carbons (Fsp3) is 0.214. The number of aromatic nitrogens is 1. The van der Waals surface area contributed by atoms with Crippen LogP contribution in [-0.4, -0.2) is 15.2 Å². The standard InChI is InChI=1S/C14H14Br2N2O2/c1-8-14(20)11(9(7-19)5-17-8)6-18-13-3-2-10(15)4-12(13)16/h2-5,18-20H,6-7H2,1H3. The van der Waals surface area contributed by atoms with Crippen LogP contribution in [0.25, 0.3) is 0 Å². The lowest BCUT2D eigenvalue weighted by molar-refractivity contribution is 0.279. The van der Waals surface area contributed by atoms with Crippen LogP contribution in [0.3, 0.4) is 0 Å². The van der Waals surface area contributed by atoms with E-state index < -0.39 is 0 Å². The average Bonchev–Trinajstić information content (AvgIpc) is 2.42. The van der Waals surface area contributed by atoms with Crippen LogP contribution in [0, 0.1) is 6.92 Å². The third kappa shape index (κ3) is 3.31. The van der Waals surface area contributed by atoms with Crippen LogP contribution >= 0.6 is 31.9 Å². The van der Waals surface area contributed by atoms with Crippen molar-refractivity contribution in [2.45, 2.75) is 20.1 Å². The Morgan fingerprint density at radius 1 is 1.30 bits per heavy atom. The summed E-state index contributed by atoms with van der Waals surface area (Å²) in [6, 6.07) is 5.79. The summed E-state index contributed by atoms with van der Waals surface area (Å²) < 4.78 is 1.90. The second kappa shape index (κ2) is 6.56. The molecule has 6 heteroatoms. The van der Waals surface area contributed by atoms with Crippen molar-refractivity contribution in [3.8, 4) is 5.75 Å². The van der Waals surface area contributed by atoms with Crippen molar-refractivity contribution in [2.24, 2.45) is 0 Å². The molecular weight excluding hydrogens is 388 g/mol. The fourth-order valence-corrected chi connectivity index (χ4v) is 3.02. The topological polar surface area (TPSA) is 65.4 Å². The number of aromatic hydroxyl groups is 1. The molecule has 0 saturated carbocycles. The lowest BCUT2D eigenvalue weighted by Gasteiger charge is -2.14. The predicted molar refractivity (Wildman–Crippen MR) is 85.7 cm³/mol. The van der Waals surface area contributed by atoms with Gasteiger partial charge in [0.15, 0.2) is 0 Å². The third-order valence-electron chi connectivity index (χ3n) is 2.99. The number of hydrogen-bond donors (Lipinski definition) is 3. The molecule has 0 saturated heterocycles. The van der Waals surface area contributed by atoms with E-state index >= 15 is 0 Å². The van der Waals surface area contributed by atoms with E-state index in [0.29, 0.717) is 23.4 Å². The number of aliphatic hydroxyl groups excluding tert-OH is 1. The van der Waals surface area contributed by atoms with E-state index in [4.69, 9.17) is 0 Å². The van der Waals surface area contributed by atoms with Crippen LogP contribution in [0.4, 0.5) is 5.69 Å². The zero-order valence-corrected chi connectivity index (χ0v) is 14.0. The van der Waals surface area contributed by atoms with E-state index in [0.717, 1.165) is 14.6 Å². The lowest BCUT2D eigenvalue weighted by atomic mass is 10.1. The number of aliphatic hydroxyl groups is 1. The first-order valence-corrected chi connectivity index (χ1v) is 7.57. The van der Waals surface area contributed by atoms with Gasteiger partial charge >= 0.3 is 0 Å². The van der Waals surface area contributed by atoms with Crippen LogP contribution in [0.15, 0.2) is 33.3 Å². The molecule has 1 heterocycles. The molecule has 0 amide bonds. The number of benzene rings is 1. The molecule has 0 aliphatic rings. The molecule has 3 N–H and O–H groups in total. The van der Waals surface area contributed by atoms with Gasteiger partial charge in [0.05, 0.1) is 12.3 Å². The number of pyridine rings is 1. The number of aryl methyl sites for hydroxylation is 1. The van der Waals surface area contributed by atoms with Gasteiger partial charge in [-0.1, -0.05) is 15.9 Å². The van der Waals surface area contributed by atoms with Crippen molar-refractivity contribution in [1.29, 1.82) is 0 Å². The Morgan fingerprint density at radius 3 is 2.70 bits per heavy atom. The van der Waals surface area contributed by atoms with Gasteiger partial charge in [0.25, 0.3) is 0 Å². The number of nitrogens with one attached hydrogen (secondary N) is 1. The second-order valence-corrected chi connectivity index (χ2v) is 6.10. The van der Waals surface area contributed by atoms with Crippen molar-refractivity contribution in [2.75, 3.05) is 5.32 Å². The summed E-state index contributed by atoms with van der Waals surface area (Å²) in [5, 5.41) is 22.6. The molecule has 0 unspecified atom stereocenters. The van der Waals surface area contributed by atoms with Crippen molar-refractivity contribution in [1.82, 2.24) is 4.98 Å². The van der Waals surface area contributed by atoms with E-state index in [1.807, 2.05) is 18.2 Å². The highest BCUT2D eigenvalue weighted by Gasteiger charge is 2.11. The van der Waals surface area contributed by atoms with Crippen LogP contribution < -0.4 is 5.32 Å². The van der Waals surface area contributed by atoms with Crippen LogP contribution in [0.5, 0.6) is 5.75 Å². The van der Waals surface area contributed by atoms with E-state index in [1.165, 1.54) is 0 Å².